The van der Waals surface area contributed by atoms with Crippen molar-refractivity contribution < 1.29 is 9.59 Å². The molecule has 0 bridgehead atoms. The maximum Gasteiger partial charge on any atom is 0.255 e. The van der Waals surface area contributed by atoms with Gasteiger partial charge in [0.15, 0.2) is 0 Å². The van der Waals surface area contributed by atoms with Crippen LogP contribution >= 0.6 is 24.8 Å². The fourth-order valence-electron chi connectivity index (χ4n) is 2.16. The first-order valence-electron chi connectivity index (χ1n) is 8.11. The van der Waals surface area contributed by atoms with Crippen molar-refractivity contribution in [2.45, 2.75) is 33.4 Å². The van der Waals surface area contributed by atoms with Gasteiger partial charge in [-0.15, -0.1) is 24.8 Å². The highest BCUT2D eigenvalue weighted by atomic mass is 35.5. The van der Waals surface area contributed by atoms with E-state index in [0.29, 0.717) is 17.8 Å². The lowest BCUT2D eigenvalue weighted by molar-refractivity contribution is -0.124. The van der Waals surface area contributed by atoms with E-state index in [1.54, 1.807) is 30.6 Å². The molecule has 1 atom stereocenters. The lowest BCUT2D eigenvalue weighted by Gasteiger charge is -2.25. The van der Waals surface area contributed by atoms with Gasteiger partial charge in [0, 0.05) is 30.2 Å². The summed E-state index contributed by atoms with van der Waals surface area (Å²) in [5.41, 5.74) is 7.71. The van der Waals surface area contributed by atoms with Gasteiger partial charge in [-0.2, -0.15) is 0 Å². The molecule has 6 nitrogen and oxygen atoms in total. The highest BCUT2D eigenvalue weighted by molar-refractivity contribution is 6.04. The van der Waals surface area contributed by atoms with Crippen molar-refractivity contribution in [2.75, 3.05) is 5.32 Å². The fourth-order valence-corrected chi connectivity index (χ4v) is 2.16. The third kappa shape index (κ3) is 7.54. The summed E-state index contributed by atoms with van der Waals surface area (Å²) in [7, 11) is 0. The first kappa shape index (κ1) is 24.8. The van der Waals surface area contributed by atoms with E-state index in [2.05, 4.69) is 15.6 Å². The van der Waals surface area contributed by atoms with Crippen LogP contribution in [0.4, 0.5) is 5.69 Å². The molecule has 0 saturated heterocycles. The van der Waals surface area contributed by atoms with E-state index >= 15 is 0 Å². The molecule has 0 saturated carbocycles. The van der Waals surface area contributed by atoms with Crippen LogP contribution in [0.15, 0.2) is 48.8 Å². The van der Waals surface area contributed by atoms with E-state index in [4.69, 9.17) is 5.73 Å². The molecule has 2 rings (SSSR count). The molecule has 1 aromatic carbocycles. The highest BCUT2D eigenvalue weighted by Crippen LogP contribution is 2.17. The summed E-state index contributed by atoms with van der Waals surface area (Å²) >= 11 is 0. The van der Waals surface area contributed by atoms with Crippen molar-refractivity contribution in [3.63, 3.8) is 0 Å². The summed E-state index contributed by atoms with van der Waals surface area (Å²) in [6.07, 6.45) is 3.14. The van der Waals surface area contributed by atoms with Gasteiger partial charge in [0.2, 0.25) is 5.91 Å². The number of carbonyl (C=O) groups is 2. The molecule has 2 aromatic rings. The van der Waals surface area contributed by atoms with Crippen molar-refractivity contribution in [1.29, 1.82) is 0 Å². The number of hydrogen-bond donors (Lipinski definition) is 3. The zero-order valence-electron chi connectivity index (χ0n) is 15.6. The van der Waals surface area contributed by atoms with Crippen LogP contribution in [-0.2, 0) is 11.3 Å². The number of halogens is 2. The summed E-state index contributed by atoms with van der Waals surface area (Å²) in [6, 6.07) is 10.0. The second-order valence-electron chi connectivity index (χ2n) is 6.95. The Kier molecular flexibility index (Phi) is 10.0. The van der Waals surface area contributed by atoms with E-state index in [9.17, 15) is 9.59 Å². The van der Waals surface area contributed by atoms with Gasteiger partial charge in [0.1, 0.15) is 0 Å². The molecule has 0 aliphatic carbocycles. The van der Waals surface area contributed by atoms with Gasteiger partial charge >= 0.3 is 0 Å². The number of nitrogens with one attached hydrogen (secondary N) is 2. The summed E-state index contributed by atoms with van der Waals surface area (Å²) < 4.78 is 0. The number of carbonyl (C=O) groups excluding carboxylic acids is 2. The fraction of sp³-hybridized carbons (Fsp3) is 0.316. The smallest absolute Gasteiger partial charge is 0.255 e. The first-order valence-corrected chi connectivity index (χ1v) is 8.11. The largest absolute Gasteiger partial charge is 0.351 e. The van der Waals surface area contributed by atoms with Crippen LogP contribution in [0, 0.1) is 5.41 Å². The average Bonchev–Trinajstić information content (AvgIpc) is 2.59. The molecular formula is C19H26Cl2N4O2. The lowest BCUT2D eigenvalue weighted by atomic mass is 9.87. The number of pyridine rings is 1. The summed E-state index contributed by atoms with van der Waals surface area (Å²) in [5, 5.41) is 5.66. The number of hydrogen-bond acceptors (Lipinski definition) is 4. The Bertz CT molecular complexity index is 749. The number of nitrogens with two attached hydrogens (primary N) is 1. The molecule has 0 unspecified atom stereocenters. The Balaban J connectivity index is 0.00000338. The number of benzene rings is 1. The van der Waals surface area contributed by atoms with Gasteiger partial charge in [0.05, 0.1) is 6.04 Å². The van der Waals surface area contributed by atoms with Gasteiger partial charge in [-0.1, -0.05) is 32.9 Å². The summed E-state index contributed by atoms with van der Waals surface area (Å²) in [6.45, 7) is 6.12. The second kappa shape index (κ2) is 10.9. The standard InChI is InChI=1S/C19H24N4O2.2ClH/c1-19(2,3)16(20)18(25)22-12-13-5-4-6-15(11-13)23-17(24)14-7-9-21-10-8-14;;/h4-11,16H,12,20H2,1-3H3,(H,22,25)(H,23,24);2*1H/t16-;;/m1../s1. The van der Waals surface area contributed by atoms with Crippen molar-refractivity contribution in [1.82, 2.24) is 10.3 Å². The van der Waals surface area contributed by atoms with Crippen molar-refractivity contribution in [2.24, 2.45) is 11.1 Å². The van der Waals surface area contributed by atoms with E-state index in [1.807, 2.05) is 39.0 Å². The van der Waals surface area contributed by atoms with Crippen molar-refractivity contribution in [3.8, 4) is 0 Å². The Morgan fingerprint density at radius 1 is 1.11 bits per heavy atom. The predicted octanol–water partition coefficient (Wildman–Crippen LogP) is 3.17. The SMILES string of the molecule is CC(C)(C)[C@H](N)C(=O)NCc1cccc(NC(=O)c2ccncc2)c1.Cl.Cl. The minimum absolute atomic E-state index is 0. The first-order chi connectivity index (χ1) is 11.8. The average molecular weight is 413 g/mol. The molecule has 0 radical (unpaired) electrons. The quantitative estimate of drug-likeness (QED) is 0.702. The Labute approximate surface area is 172 Å². The zero-order valence-corrected chi connectivity index (χ0v) is 17.2. The summed E-state index contributed by atoms with van der Waals surface area (Å²) in [4.78, 5) is 28.2. The van der Waals surface area contributed by atoms with Gasteiger partial charge in [0.25, 0.3) is 5.91 Å². The maximum atomic E-state index is 12.2. The van der Waals surface area contributed by atoms with Crippen LogP contribution in [-0.4, -0.2) is 22.8 Å². The second-order valence-corrected chi connectivity index (χ2v) is 6.95. The molecule has 0 aliphatic heterocycles. The Hall–Kier alpha value is -2.15. The molecule has 148 valence electrons. The van der Waals surface area contributed by atoms with Crippen molar-refractivity contribution in [3.05, 3.63) is 59.9 Å². The van der Waals surface area contributed by atoms with Crippen molar-refractivity contribution >= 4 is 42.3 Å². The van der Waals surface area contributed by atoms with Crippen LogP contribution in [0.3, 0.4) is 0 Å². The number of aromatic nitrogens is 1. The number of rotatable bonds is 5. The number of amides is 2. The molecular weight excluding hydrogens is 387 g/mol. The molecule has 27 heavy (non-hydrogen) atoms. The maximum absolute atomic E-state index is 12.2. The molecule has 0 spiro atoms. The normalized spacial score (nSPS) is 11.4. The Morgan fingerprint density at radius 3 is 2.33 bits per heavy atom. The lowest BCUT2D eigenvalue weighted by Crippen LogP contribution is -2.48. The van der Waals surface area contributed by atoms with Gasteiger partial charge < -0.3 is 16.4 Å². The molecule has 0 fully saturated rings. The van der Waals surface area contributed by atoms with E-state index in [0.717, 1.165) is 5.56 Å². The topological polar surface area (TPSA) is 97.1 Å². The van der Waals surface area contributed by atoms with Crippen LogP contribution in [0.2, 0.25) is 0 Å². The third-order valence-corrected chi connectivity index (χ3v) is 3.81. The van der Waals surface area contributed by atoms with Gasteiger partial charge in [-0.05, 0) is 35.2 Å². The molecule has 8 heteroatoms. The monoisotopic (exact) mass is 412 g/mol. The van der Waals surface area contributed by atoms with E-state index < -0.39 is 6.04 Å². The molecule has 2 amide bonds. The van der Waals surface area contributed by atoms with Crippen LogP contribution in [0.5, 0.6) is 0 Å². The van der Waals surface area contributed by atoms with Crippen LogP contribution in [0.1, 0.15) is 36.7 Å². The van der Waals surface area contributed by atoms with E-state index in [1.165, 1.54) is 0 Å². The predicted molar refractivity (Wildman–Crippen MR) is 112 cm³/mol. The minimum Gasteiger partial charge on any atom is -0.351 e. The highest BCUT2D eigenvalue weighted by Gasteiger charge is 2.27. The van der Waals surface area contributed by atoms with Gasteiger partial charge in [-0.3, -0.25) is 14.6 Å². The van der Waals surface area contributed by atoms with E-state index in [-0.39, 0.29) is 42.0 Å². The molecule has 0 aliphatic rings. The Morgan fingerprint density at radius 2 is 1.74 bits per heavy atom. The zero-order chi connectivity index (χ0) is 18.4. The summed E-state index contributed by atoms with van der Waals surface area (Å²) in [5.74, 6) is -0.405. The molecule has 1 aromatic heterocycles. The van der Waals surface area contributed by atoms with Crippen LogP contribution in [0.25, 0.3) is 0 Å². The third-order valence-electron chi connectivity index (χ3n) is 3.81. The molecule has 4 N–H and O–H groups in total. The molecule has 1 heterocycles. The minimum atomic E-state index is -0.581. The van der Waals surface area contributed by atoms with Crippen LogP contribution < -0.4 is 16.4 Å². The van der Waals surface area contributed by atoms with Gasteiger partial charge in [-0.25, -0.2) is 0 Å². The number of nitrogens with zero attached hydrogens (tertiary/aromatic N) is 1. The number of anilines is 1.